The van der Waals surface area contributed by atoms with Gasteiger partial charge in [-0.1, -0.05) is 32.3 Å². The molecule has 3 fully saturated rings. The molecule has 1 aromatic carbocycles. The second-order valence-electron chi connectivity index (χ2n) is 8.18. The minimum absolute atomic E-state index is 0.0692. The molecule has 1 heterocycles. The average molecular weight is 369 g/mol. The van der Waals surface area contributed by atoms with E-state index in [1.54, 1.807) is 24.3 Å². The van der Waals surface area contributed by atoms with Gasteiger partial charge in [0.05, 0.1) is 17.5 Å². The van der Waals surface area contributed by atoms with E-state index < -0.39 is 0 Å². The van der Waals surface area contributed by atoms with Crippen molar-refractivity contribution in [2.45, 2.75) is 58.3 Å². The van der Waals surface area contributed by atoms with Crippen LogP contribution in [0.1, 0.15) is 58.3 Å². The van der Waals surface area contributed by atoms with E-state index in [9.17, 15) is 14.4 Å². The predicted octanol–water partition coefficient (Wildman–Crippen LogP) is 4.10. The molecule has 2 aliphatic carbocycles. The summed E-state index contributed by atoms with van der Waals surface area (Å²) in [5, 5.41) is 0. The average Bonchev–Trinajstić information content (AvgIpc) is 3.33. The number of hydrogen-bond donors (Lipinski definition) is 0. The summed E-state index contributed by atoms with van der Waals surface area (Å²) in [4.78, 5) is 39.2. The van der Waals surface area contributed by atoms with Crippen LogP contribution in [0.5, 0.6) is 5.75 Å². The molecule has 0 N–H and O–H groups in total. The molecule has 1 aromatic rings. The van der Waals surface area contributed by atoms with Gasteiger partial charge in [0.25, 0.3) is 0 Å². The van der Waals surface area contributed by atoms with E-state index in [2.05, 4.69) is 6.92 Å². The molecule has 1 saturated heterocycles. The molecule has 3 aliphatic rings. The largest absolute Gasteiger partial charge is 0.426 e. The number of hydrogen-bond acceptors (Lipinski definition) is 4. The summed E-state index contributed by atoms with van der Waals surface area (Å²) in [7, 11) is 0. The Bertz CT molecular complexity index is 730. The van der Waals surface area contributed by atoms with E-state index in [1.165, 1.54) is 4.90 Å². The van der Waals surface area contributed by atoms with Crippen molar-refractivity contribution >= 4 is 23.5 Å². The topological polar surface area (TPSA) is 63.7 Å². The number of anilines is 1. The Labute approximate surface area is 160 Å². The van der Waals surface area contributed by atoms with Gasteiger partial charge in [-0.15, -0.1) is 0 Å². The van der Waals surface area contributed by atoms with E-state index in [1.807, 2.05) is 0 Å². The van der Waals surface area contributed by atoms with Crippen LogP contribution in [-0.2, 0) is 14.4 Å². The van der Waals surface area contributed by atoms with Crippen molar-refractivity contribution in [3.05, 3.63) is 24.3 Å². The molecule has 0 unspecified atom stereocenters. The normalized spacial score (nSPS) is 28.7. The second-order valence-corrected chi connectivity index (χ2v) is 8.18. The summed E-state index contributed by atoms with van der Waals surface area (Å²) < 4.78 is 5.43. The third kappa shape index (κ3) is 3.28. The van der Waals surface area contributed by atoms with Gasteiger partial charge in [-0.2, -0.15) is 0 Å². The summed E-state index contributed by atoms with van der Waals surface area (Å²) in [6, 6.07) is 6.82. The van der Waals surface area contributed by atoms with Crippen LogP contribution in [0.2, 0.25) is 0 Å². The van der Waals surface area contributed by atoms with Gasteiger partial charge in [-0.05, 0) is 49.7 Å². The number of rotatable bonds is 7. The molecule has 4 rings (SSSR count). The fourth-order valence-electron chi connectivity index (χ4n) is 5.23. The smallest absolute Gasteiger partial charge is 0.311 e. The molecule has 5 heteroatoms. The van der Waals surface area contributed by atoms with Gasteiger partial charge in [-0.25, -0.2) is 4.90 Å². The second kappa shape index (κ2) is 7.45. The van der Waals surface area contributed by atoms with Crippen LogP contribution in [0.25, 0.3) is 0 Å². The zero-order valence-corrected chi connectivity index (χ0v) is 15.9. The summed E-state index contributed by atoms with van der Waals surface area (Å²) >= 11 is 0. The van der Waals surface area contributed by atoms with E-state index in [0.29, 0.717) is 29.7 Å². The maximum absolute atomic E-state index is 12.9. The number of imide groups is 1. The minimum Gasteiger partial charge on any atom is -0.426 e. The molecule has 0 radical (unpaired) electrons. The van der Waals surface area contributed by atoms with Gasteiger partial charge in [0, 0.05) is 12.5 Å². The molecule has 0 aromatic heterocycles. The van der Waals surface area contributed by atoms with Gasteiger partial charge in [0.2, 0.25) is 11.8 Å². The highest BCUT2D eigenvalue weighted by molar-refractivity contribution is 6.22. The zero-order valence-electron chi connectivity index (χ0n) is 15.9. The van der Waals surface area contributed by atoms with E-state index in [-0.39, 0.29) is 29.6 Å². The summed E-state index contributed by atoms with van der Waals surface area (Å²) in [6.07, 6.45) is 7.62. The Morgan fingerprint density at radius 3 is 2.44 bits per heavy atom. The van der Waals surface area contributed by atoms with Crippen LogP contribution in [-0.4, -0.2) is 17.8 Å². The number of benzene rings is 1. The Hall–Kier alpha value is -2.17. The minimum atomic E-state index is -0.266. The molecule has 2 amide bonds. The molecular formula is C22H27NO4. The third-order valence-electron chi connectivity index (χ3n) is 6.47. The van der Waals surface area contributed by atoms with E-state index >= 15 is 0 Å². The number of carbonyl (C=O) groups excluding carboxylic acids is 3. The highest BCUT2D eigenvalue weighted by Gasteiger charge is 2.61. The van der Waals surface area contributed by atoms with Crippen LogP contribution in [0.15, 0.2) is 24.3 Å². The van der Waals surface area contributed by atoms with Crippen LogP contribution in [0.3, 0.4) is 0 Å². The number of fused-ring (bicyclic) bond motifs is 5. The quantitative estimate of drug-likeness (QED) is 0.314. The standard InChI is InChI=1S/C22H27NO4/c1-2-3-4-5-9-18(24)27-17-8-6-7-16(13-17)23-21(25)19-14-10-11-15(12-14)20(19)22(23)26/h6-8,13-15,19-20H,2-5,9-12H2,1H3/t14-,15+,19-,20-/m0/s1. The van der Waals surface area contributed by atoms with Crippen molar-refractivity contribution < 1.29 is 19.1 Å². The van der Waals surface area contributed by atoms with Gasteiger partial charge in [-0.3, -0.25) is 14.4 Å². The first-order valence-electron chi connectivity index (χ1n) is 10.3. The molecule has 4 atom stereocenters. The lowest BCUT2D eigenvalue weighted by atomic mass is 9.81. The Morgan fingerprint density at radius 1 is 1.07 bits per heavy atom. The molecular weight excluding hydrogens is 342 g/mol. The Kier molecular flexibility index (Phi) is 5.02. The highest BCUT2D eigenvalue weighted by atomic mass is 16.5. The predicted molar refractivity (Wildman–Crippen MR) is 101 cm³/mol. The van der Waals surface area contributed by atoms with Crippen LogP contribution < -0.4 is 9.64 Å². The van der Waals surface area contributed by atoms with Crippen LogP contribution in [0, 0.1) is 23.7 Å². The number of unbranched alkanes of at least 4 members (excludes halogenated alkanes) is 3. The number of amides is 2. The van der Waals surface area contributed by atoms with Gasteiger partial charge in [0.1, 0.15) is 5.75 Å². The fraction of sp³-hybridized carbons (Fsp3) is 0.591. The zero-order chi connectivity index (χ0) is 19.0. The molecule has 27 heavy (non-hydrogen) atoms. The number of ether oxygens (including phenoxy) is 1. The first kappa shape index (κ1) is 18.2. The van der Waals surface area contributed by atoms with Crippen molar-refractivity contribution in [1.82, 2.24) is 0 Å². The lowest BCUT2D eigenvalue weighted by molar-refractivity contribution is -0.134. The van der Waals surface area contributed by atoms with E-state index in [0.717, 1.165) is 44.9 Å². The van der Waals surface area contributed by atoms with E-state index in [4.69, 9.17) is 4.74 Å². The van der Waals surface area contributed by atoms with Crippen LogP contribution in [0.4, 0.5) is 5.69 Å². The Balaban J connectivity index is 1.44. The summed E-state index contributed by atoms with van der Waals surface area (Å²) in [5.74, 6) is 0.449. The monoisotopic (exact) mass is 369 g/mol. The maximum Gasteiger partial charge on any atom is 0.311 e. The first-order valence-corrected chi connectivity index (χ1v) is 10.3. The molecule has 2 bridgehead atoms. The molecule has 1 aliphatic heterocycles. The number of carbonyl (C=O) groups is 3. The molecule has 5 nitrogen and oxygen atoms in total. The first-order chi connectivity index (χ1) is 13.1. The van der Waals surface area contributed by atoms with Crippen molar-refractivity contribution in [3.8, 4) is 5.75 Å². The molecule has 144 valence electrons. The number of nitrogens with zero attached hydrogens (tertiary/aromatic N) is 1. The van der Waals surface area contributed by atoms with Gasteiger partial charge < -0.3 is 4.74 Å². The lowest BCUT2D eigenvalue weighted by Crippen LogP contribution is -2.32. The summed E-state index contributed by atoms with van der Waals surface area (Å²) in [6.45, 7) is 2.13. The highest BCUT2D eigenvalue weighted by Crippen LogP contribution is 2.56. The number of esters is 1. The van der Waals surface area contributed by atoms with Crippen molar-refractivity contribution in [1.29, 1.82) is 0 Å². The SMILES string of the molecule is CCCCCCC(=O)Oc1cccc(N2C(=O)[C@H]3[C@@H]4CC[C@@H](C4)[C@@H]3C2=O)c1. The van der Waals surface area contributed by atoms with Crippen LogP contribution >= 0.6 is 0 Å². The fourth-order valence-corrected chi connectivity index (χ4v) is 5.23. The molecule has 2 saturated carbocycles. The van der Waals surface area contributed by atoms with Gasteiger partial charge in [0.15, 0.2) is 0 Å². The van der Waals surface area contributed by atoms with Crippen molar-refractivity contribution in [2.75, 3.05) is 4.90 Å². The Morgan fingerprint density at radius 2 is 1.78 bits per heavy atom. The summed E-state index contributed by atoms with van der Waals surface area (Å²) in [5.41, 5.74) is 0.523. The van der Waals surface area contributed by atoms with Gasteiger partial charge >= 0.3 is 5.97 Å². The maximum atomic E-state index is 12.9. The van der Waals surface area contributed by atoms with Crippen molar-refractivity contribution in [3.63, 3.8) is 0 Å². The molecule has 0 spiro atoms. The lowest BCUT2D eigenvalue weighted by Gasteiger charge is -2.19. The van der Waals surface area contributed by atoms with Crippen molar-refractivity contribution in [2.24, 2.45) is 23.7 Å². The third-order valence-corrected chi connectivity index (χ3v) is 6.47.